The summed E-state index contributed by atoms with van der Waals surface area (Å²) < 4.78 is 15.7. The van der Waals surface area contributed by atoms with Gasteiger partial charge in [0.15, 0.2) is 0 Å². The minimum absolute atomic E-state index is 0.353. The quantitative estimate of drug-likeness (QED) is 0.261. The molecule has 4 heteroatoms. The SMILES string of the molecule is C/C=C\C(=C/CC)CCCOC(=O)/C=C/c1cc(OC)cc(OC)c1. The number of allylic oxidation sites excluding steroid dienone is 4. The maximum absolute atomic E-state index is 11.8. The maximum atomic E-state index is 11.8. The van der Waals surface area contributed by atoms with E-state index >= 15 is 0 Å². The van der Waals surface area contributed by atoms with Gasteiger partial charge in [0, 0.05) is 12.1 Å². The first-order chi connectivity index (χ1) is 12.1. The molecule has 0 radical (unpaired) electrons. The van der Waals surface area contributed by atoms with E-state index in [1.807, 2.05) is 25.1 Å². The third-order valence-corrected chi connectivity index (χ3v) is 3.49. The van der Waals surface area contributed by atoms with Crippen LogP contribution in [0, 0.1) is 0 Å². The second-order valence-electron chi connectivity index (χ2n) is 5.44. The highest BCUT2D eigenvalue weighted by Gasteiger charge is 2.02. The third kappa shape index (κ3) is 8.25. The van der Waals surface area contributed by atoms with Crippen LogP contribution < -0.4 is 9.47 Å². The van der Waals surface area contributed by atoms with Crippen molar-refractivity contribution in [2.75, 3.05) is 20.8 Å². The van der Waals surface area contributed by atoms with E-state index in [1.165, 1.54) is 11.6 Å². The van der Waals surface area contributed by atoms with Gasteiger partial charge < -0.3 is 14.2 Å². The Morgan fingerprint density at radius 1 is 1.08 bits per heavy atom. The number of ether oxygens (including phenoxy) is 3. The standard InChI is InChI=1S/C21H28O4/c1-5-8-17(9-6-2)10-7-13-25-21(22)12-11-18-14-19(23-3)16-20(15-18)24-4/h5,8-9,11-12,14-16H,6-7,10,13H2,1-4H3/b8-5-,12-11+,17-9+. The summed E-state index contributed by atoms with van der Waals surface area (Å²) in [6, 6.07) is 5.43. The molecule has 25 heavy (non-hydrogen) atoms. The minimum Gasteiger partial charge on any atom is -0.497 e. The normalized spacial score (nSPS) is 11.9. The van der Waals surface area contributed by atoms with Gasteiger partial charge in [-0.2, -0.15) is 0 Å². The minimum atomic E-state index is -0.353. The van der Waals surface area contributed by atoms with Crippen molar-refractivity contribution in [2.45, 2.75) is 33.1 Å². The second-order valence-corrected chi connectivity index (χ2v) is 5.44. The summed E-state index contributed by atoms with van der Waals surface area (Å²) in [5.74, 6) is 0.993. The summed E-state index contributed by atoms with van der Waals surface area (Å²) in [6.45, 7) is 4.52. The van der Waals surface area contributed by atoms with Gasteiger partial charge in [0.2, 0.25) is 0 Å². The molecule has 1 aromatic carbocycles. The topological polar surface area (TPSA) is 44.8 Å². The van der Waals surface area contributed by atoms with Crippen molar-refractivity contribution in [3.63, 3.8) is 0 Å². The number of carbonyl (C=O) groups excluding carboxylic acids is 1. The molecule has 0 saturated heterocycles. The Balaban J connectivity index is 2.49. The highest BCUT2D eigenvalue weighted by molar-refractivity contribution is 5.87. The average Bonchev–Trinajstić information content (AvgIpc) is 2.63. The van der Waals surface area contributed by atoms with Gasteiger partial charge in [-0.05, 0) is 50.0 Å². The van der Waals surface area contributed by atoms with Crippen LogP contribution in [0.5, 0.6) is 11.5 Å². The van der Waals surface area contributed by atoms with E-state index in [9.17, 15) is 4.79 Å². The fourth-order valence-corrected chi connectivity index (χ4v) is 2.32. The molecule has 0 unspecified atom stereocenters. The molecule has 0 aromatic heterocycles. The van der Waals surface area contributed by atoms with E-state index in [0.29, 0.717) is 18.1 Å². The lowest BCUT2D eigenvalue weighted by Gasteiger charge is -2.06. The largest absolute Gasteiger partial charge is 0.497 e. The van der Waals surface area contributed by atoms with Gasteiger partial charge in [-0.15, -0.1) is 0 Å². The molecule has 0 atom stereocenters. The highest BCUT2D eigenvalue weighted by Crippen LogP contribution is 2.23. The monoisotopic (exact) mass is 344 g/mol. The first-order valence-corrected chi connectivity index (χ1v) is 8.52. The Labute approximate surface area is 150 Å². The summed E-state index contributed by atoms with van der Waals surface area (Å²) in [4.78, 5) is 11.8. The molecule has 0 spiro atoms. The molecule has 0 fully saturated rings. The molecule has 0 aliphatic rings. The highest BCUT2D eigenvalue weighted by atomic mass is 16.5. The third-order valence-electron chi connectivity index (χ3n) is 3.49. The van der Waals surface area contributed by atoms with Gasteiger partial charge in [0.25, 0.3) is 0 Å². The van der Waals surface area contributed by atoms with Crippen LogP contribution in [0.2, 0.25) is 0 Å². The van der Waals surface area contributed by atoms with E-state index in [1.54, 1.807) is 26.4 Å². The van der Waals surface area contributed by atoms with E-state index in [4.69, 9.17) is 14.2 Å². The Morgan fingerprint density at radius 3 is 2.32 bits per heavy atom. The first-order valence-electron chi connectivity index (χ1n) is 8.52. The zero-order valence-corrected chi connectivity index (χ0v) is 15.6. The van der Waals surface area contributed by atoms with Crippen LogP contribution in [0.1, 0.15) is 38.7 Å². The van der Waals surface area contributed by atoms with Crippen LogP contribution in [-0.2, 0) is 9.53 Å². The van der Waals surface area contributed by atoms with Gasteiger partial charge in [-0.25, -0.2) is 4.79 Å². The van der Waals surface area contributed by atoms with Gasteiger partial charge in [-0.1, -0.05) is 30.7 Å². The van der Waals surface area contributed by atoms with Crippen molar-refractivity contribution in [1.82, 2.24) is 0 Å². The van der Waals surface area contributed by atoms with Gasteiger partial charge in [0.1, 0.15) is 11.5 Å². The molecule has 0 aliphatic carbocycles. The zero-order valence-electron chi connectivity index (χ0n) is 15.6. The van der Waals surface area contributed by atoms with Gasteiger partial charge in [0.05, 0.1) is 20.8 Å². The fourth-order valence-electron chi connectivity index (χ4n) is 2.32. The number of methoxy groups -OCH3 is 2. The van der Waals surface area contributed by atoms with Crippen LogP contribution >= 0.6 is 0 Å². The zero-order chi connectivity index (χ0) is 18.5. The lowest BCUT2D eigenvalue weighted by atomic mass is 10.1. The average molecular weight is 344 g/mol. The number of hydrogen-bond acceptors (Lipinski definition) is 4. The molecule has 1 aromatic rings. The molecule has 0 bridgehead atoms. The number of benzene rings is 1. The molecule has 0 saturated carbocycles. The molecular weight excluding hydrogens is 316 g/mol. The number of carbonyl (C=O) groups is 1. The summed E-state index contributed by atoms with van der Waals surface area (Å²) in [5, 5.41) is 0. The van der Waals surface area contributed by atoms with Crippen molar-refractivity contribution in [1.29, 1.82) is 0 Å². The first kappa shape index (κ1) is 20.6. The number of hydrogen-bond donors (Lipinski definition) is 0. The van der Waals surface area contributed by atoms with Crippen molar-refractivity contribution in [2.24, 2.45) is 0 Å². The molecule has 0 amide bonds. The molecule has 0 N–H and O–H groups in total. The van der Waals surface area contributed by atoms with Crippen LogP contribution in [0.4, 0.5) is 0 Å². The maximum Gasteiger partial charge on any atom is 0.330 e. The molecule has 0 aliphatic heterocycles. The number of rotatable bonds is 10. The van der Waals surface area contributed by atoms with Crippen molar-refractivity contribution >= 4 is 12.0 Å². The predicted molar refractivity (Wildman–Crippen MR) is 102 cm³/mol. The number of esters is 1. The van der Waals surface area contributed by atoms with Crippen molar-refractivity contribution in [3.8, 4) is 11.5 Å². The van der Waals surface area contributed by atoms with Crippen LogP contribution in [0.3, 0.4) is 0 Å². The van der Waals surface area contributed by atoms with Crippen LogP contribution in [0.15, 0.2) is 48.1 Å². The lowest BCUT2D eigenvalue weighted by Crippen LogP contribution is -2.02. The summed E-state index contributed by atoms with van der Waals surface area (Å²) in [5.41, 5.74) is 2.09. The lowest BCUT2D eigenvalue weighted by molar-refractivity contribution is -0.137. The molecule has 1 rings (SSSR count). The van der Waals surface area contributed by atoms with Crippen LogP contribution in [0.25, 0.3) is 6.08 Å². The summed E-state index contributed by atoms with van der Waals surface area (Å²) in [6.07, 6.45) is 12.1. The Hall–Kier alpha value is -2.49. The van der Waals surface area contributed by atoms with Gasteiger partial charge >= 0.3 is 5.97 Å². The second kappa shape index (κ2) is 12.0. The van der Waals surface area contributed by atoms with E-state index in [0.717, 1.165) is 24.8 Å². The molecule has 136 valence electrons. The Kier molecular flexibility index (Phi) is 9.83. The van der Waals surface area contributed by atoms with Crippen LogP contribution in [-0.4, -0.2) is 26.8 Å². The molecule has 4 nitrogen and oxygen atoms in total. The van der Waals surface area contributed by atoms with Crippen molar-refractivity contribution in [3.05, 3.63) is 53.6 Å². The van der Waals surface area contributed by atoms with Crippen molar-refractivity contribution < 1.29 is 19.0 Å². The van der Waals surface area contributed by atoms with Gasteiger partial charge in [-0.3, -0.25) is 0 Å². The summed E-state index contributed by atoms with van der Waals surface area (Å²) in [7, 11) is 3.18. The summed E-state index contributed by atoms with van der Waals surface area (Å²) >= 11 is 0. The fraction of sp³-hybridized carbons (Fsp3) is 0.381. The van der Waals surface area contributed by atoms with E-state index in [-0.39, 0.29) is 5.97 Å². The Bertz CT molecular complexity index is 605. The van der Waals surface area contributed by atoms with E-state index in [2.05, 4.69) is 19.1 Å². The Morgan fingerprint density at radius 2 is 1.76 bits per heavy atom. The predicted octanol–water partition coefficient (Wildman–Crippen LogP) is 4.95. The molecular formula is C21H28O4. The van der Waals surface area contributed by atoms with E-state index < -0.39 is 0 Å². The smallest absolute Gasteiger partial charge is 0.330 e. The molecule has 0 heterocycles.